The molecule has 10 N–H and O–H groups in total. The zero-order valence-corrected chi connectivity index (χ0v) is 70.3. The number of imidazole rings is 5. The van der Waals surface area contributed by atoms with Crippen LogP contribution < -0.4 is 72.4 Å². The Balaban J connectivity index is 0.000000169. The Labute approximate surface area is 685 Å². The van der Waals surface area contributed by atoms with Crippen molar-refractivity contribution < 1.29 is 129 Å². The Kier molecular flexibility index (Phi) is 31.9. The predicted octanol–water partition coefficient (Wildman–Crippen LogP) is 3.35. The van der Waals surface area contributed by atoms with E-state index in [9.17, 15) is 34.0 Å². The fourth-order valence-electron chi connectivity index (χ4n) is 15.1. The summed E-state index contributed by atoms with van der Waals surface area (Å²) in [6, 6.07) is -0.262. The van der Waals surface area contributed by atoms with Gasteiger partial charge in [0, 0.05) is 37.3 Å². The maximum atomic E-state index is 11.2. The molecule has 0 radical (unpaired) electrons. The summed E-state index contributed by atoms with van der Waals surface area (Å²) < 4.78 is 67.2. The third-order valence-electron chi connectivity index (χ3n) is 22.1. The number of fused-ring (bicyclic) bond motifs is 7. The van der Waals surface area contributed by atoms with Crippen LogP contribution in [0.3, 0.4) is 0 Å². The summed E-state index contributed by atoms with van der Waals surface area (Å²) in [6.07, 6.45) is 19.8. The second-order valence-electron chi connectivity index (χ2n) is 30.2. The summed E-state index contributed by atoms with van der Waals surface area (Å²) in [5, 5.41) is 74.3. The van der Waals surface area contributed by atoms with Crippen molar-refractivity contribution in [3.05, 3.63) is 66.9 Å². The summed E-state index contributed by atoms with van der Waals surface area (Å²) in [7, 11) is -2.52. The molecule has 6 aromatic heterocycles. The van der Waals surface area contributed by atoms with Crippen LogP contribution in [0.1, 0.15) is 208 Å². The maximum Gasteiger partial charge on any atom is 1.00 e. The molecule has 0 unspecified atom stereocenters. The van der Waals surface area contributed by atoms with Crippen molar-refractivity contribution in [1.29, 1.82) is 0 Å². The molecule has 0 bridgehead atoms. The van der Waals surface area contributed by atoms with Gasteiger partial charge >= 0.3 is 51.4 Å². The Bertz CT molecular complexity index is 4140. The van der Waals surface area contributed by atoms with Crippen molar-refractivity contribution in [2.75, 3.05) is 62.2 Å². The number of hydrogen-bond donors (Lipinski definition) is 9. The van der Waals surface area contributed by atoms with E-state index in [4.69, 9.17) is 38.1 Å². The molecule has 0 spiro atoms. The average molecular weight is 1590 g/mol. The summed E-state index contributed by atoms with van der Waals surface area (Å²) >= 11 is 0. The monoisotopic (exact) mass is 1590 g/mol. The van der Waals surface area contributed by atoms with Gasteiger partial charge in [0.15, 0.2) is 17.7 Å². The van der Waals surface area contributed by atoms with Crippen molar-refractivity contribution in [3.63, 3.8) is 0 Å². The minimum atomic E-state index is -3.52. The van der Waals surface area contributed by atoms with Crippen LogP contribution in [-0.2, 0) is 38.0 Å². The van der Waals surface area contributed by atoms with Crippen molar-refractivity contribution >= 4 is 69.9 Å². The van der Waals surface area contributed by atoms with E-state index in [2.05, 4.69) is 163 Å². The molecule has 0 aliphatic carbocycles. The van der Waals surface area contributed by atoms with E-state index in [0.29, 0.717) is 88.9 Å². The van der Waals surface area contributed by atoms with Gasteiger partial charge in [0.2, 0.25) is 0 Å². The van der Waals surface area contributed by atoms with Gasteiger partial charge in [0.25, 0.3) is 10.1 Å². The first-order valence-electron chi connectivity index (χ1n) is 37.6. The number of nitrogens with one attached hydrogen (secondary N) is 3. The molecule has 16 rings (SSSR count). The number of ether oxygens (including phenoxy) is 5. The van der Waals surface area contributed by atoms with Crippen LogP contribution in [0.4, 0.5) is 23.3 Å². The predicted molar refractivity (Wildman–Crippen MR) is 404 cm³/mol. The minimum Gasteiger partial charge on any atom is -0.870 e. The number of aliphatic hydroxyl groups is 6. The van der Waals surface area contributed by atoms with Crippen LogP contribution in [0.25, 0.3) is 11.2 Å². The molecule has 606 valence electrons. The molecular weight excluding hydrogens is 1470 g/mol. The molecule has 10 aliphatic rings. The van der Waals surface area contributed by atoms with Gasteiger partial charge < -0.3 is 85.8 Å². The Morgan fingerprint density at radius 2 is 0.973 bits per heavy atom. The fourth-order valence-corrected chi connectivity index (χ4v) is 15.5. The van der Waals surface area contributed by atoms with E-state index in [1.807, 2.05) is 32.7 Å². The van der Waals surface area contributed by atoms with E-state index < -0.39 is 59.0 Å². The standard InChI is InChI=1S/C15H24N4O4S.C14H22N4O2.C14H20N4O.C13H18N4O.C11H16N4O5.C4H9O.CH4O.K.H2O/c1-5-12-9(2)10(3)15(23-12)19-8-18-13-11(6-22-24(4,20)21)16-7-17-14(13)19;1-4-11-8(2)9(3)14(20-11)18-7-17-12-10(5-19)15-6-16-13(12)18;1-4-11-8(2)9(3)14(19-11)18-7-15-12-10-5-17(10)6-16-13(12)18;1-4-11-8(2)9(3)13(18-11)17-7-16-10-5-14-6-15-12(10)17;16-2-6-8(18)9(19)11(20-6)15-4-14-7-5(17)1-12-3-13-10(7)15;1-4(2,3)5;1-2;;/h7-12,15H,5-6H2,1-4H3,(H,16,17);6-11,14,19H,4-5H2,1-3H3,(H,15,16);6-11,14H,4-5H2,1-3H3;5-9,11,13H,4H2,1-3H3;3-6,8-9,11,16-19H,1-2H2,(H,12,13);1-3H3;2H,1H3;;1H2/q;;;;;-1;;+1;/p-1/t9-,10+,11-,12+,15+;8-,9+,10+,11+,14+;8-,9+,10-,11+,14+,17?;8-,9+,11+,13+;5-,6-,8-,9-,11-;;;;/m00001..../s1. The van der Waals surface area contributed by atoms with Gasteiger partial charge in [-0.15, -0.1) is 5.60 Å². The van der Waals surface area contributed by atoms with E-state index in [1.54, 1.807) is 58.6 Å². The third-order valence-corrected chi connectivity index (χ3v) is 22.6. The quantitative estimate of drug-likeness (QED) is 0.0429. The Morgan fingerprint density at radius 1 is 0.555 bits per heavy atom. The first kappa shape index (κ1) is 89.8. The molecule has 0 amide bonds. The van der Waals surface area contributed by atoms with Crippen LogP contribution in [0.15, 0.2) is 64.1 Å². The average Bonchev–Trinajstić information content (AvgIpc) is 1.59. The van der Waals surface area contributed by atoms with Crippen LogP contribution >= 0.6 is 0 Å². The van der Waals surface area contributed by atoms with E-state index in [1.165, 1.54) is 17.2 Å². The number of aromatic nitrogens is 12. The summed E-state index contributed by atoms with van der Waals surface area (Å²) in [5.74, 6) is 6.95. The van der Waals surface area contributed by atoms with Gasteiger partial charge in [-0.05, 0) is 49.4 Å². The van der Waals surface area contributed by atoms with Crippen molar-refractivity contribution in [2.45, 2.75) is 233 Å². The molecule has 10 aliphatic heterocycles. The number of nitrogens with zero attached hydrogens (tertiary/aromatic N) is 17. The van der Waals surface area contributed by atoms with Crippen molar-refractivity contribution in [3.8, 4) is 0 Å². The van der Waals surface area contributed by atoms with Crippen molar-refractivity contribution in [2.24, 2.45) is 67.3 Å². The maximum absolute atomic E-state index is 11.2. The van der Waals surface area contributed by atoms with Crippen LogP contribution in [-0.4, -0.2) is 227 Å². The van der Waals surface area contributed by atoms with Gasteiger partial charge in [-0.3, -0.25) is 42.0 Å². The second kappa shape index (κ2) is 39.1. The summed E-state index contributed by atoms with van der Waals surface area (Å²) in [4.78, 5) is 49.2. The summed E-state index contributed by atoms with van der Waals surface area (Å²) in [5.41, 5.74) is 3.89. The first-order chi connectivity index (χ1) is 51.5. The minimum absolute atomic E-state index is 0. The van der Waals surface area contributed by atoms with Gasteiger partial charge in [-0.25, -0.2) is 39.9 Å². The van der Waals surface area contributed by atoms with E-state index in [0.717, 1.165) is 85.6 Å². The molecule has 6 aromatic rings. The van der Waals surface area contributed by atoms with Crippen LogP contribution in [0.5, 0.6) is 0 Å². The SMILES string of the molecule is CC(C)(C)[O-].CC[C@H]1O[C@@H](n2cnc3c2N=CN2C[C@@H]32)[C@H](C)[C@@H]1C.CC[C@H]1O[C@@H](n2cnc3c2NC=N[C@@H]3CO)[C@H](C)[C@@H]1C.CC[C@H]1O[C@@H](n2cnc3c2NC=N[C@H]3COS(C)(=O)=O)[C@H](C)[C@@H]1C.CC[C@H]1O[C@@H](n2cnc3cncnc32)[C@H](C)[C@@H]1C.CO.OC[C@H]1O[C@@H](n2cnc3c2NC=NC[C@H]3O)[C@H](O)[C@@H]1O.[K+].[OH-]. The molecule has 0 aromatic carbocycles. The number of hydrogen-bond acceptors (Lipinski definition) is 31. The summed E-state index contributed by atoms with van der Waals surface area (Å²) in [6.45, 7) is 32.2. The van der Waals surface area contributed by atoms with Crippen LogP contribution in [0.2, 0.25) is 0 Å². The van der Waals surface area contributed by atoms with Gasteiger partial charge in [-0.1, -0.05) is 104 Å². The number of aliphatic imine (C=N–C) groups is 4. The van der Waals surface area contributed by atoms with Gasteiger partial charge in [-0.2, -0.15) is 8.42 Å². The molecule has 36 nitrogen and oxygen atoms in total. The largest absolute Gasteiger partial charge is 1.00 e. The zero-order valence-electron chi connectivity index (χ0n) is 66.4. The molecule has 110 heavy (non-hydrogen) atoms. The Morgan fingerprint density at radius 3 is 1.45 bits per heavy atom. The molecule has 6 fully saturated rings. The van der Waals surface area contributed by atoms with Gasteiger partial charge in [0.1, 0.15) is 113 Å². The topological polar surface area (TPSA) is 467 Å². The molecule has 16 heterocycles. The molecule has 38 heteroatoms. The van der Waals surface area contributed by atoms with Crippen molar-refractivity contribution in [1.82, 2.24) is 62.6 Å². The number of anilines is 3. The molecular formula is C72H114KN20O16S-. The fraction of sp³-hybridized carbons (Fsp3) is 0.708. The van der Waals surface area contributed by atoms with E-state index >= 15 is 0 Å². The smallest absolute Gasteiger partial charge is 0.870 e. The van der Waals surface area contributed by atoms with Crippen LogP contribution in [0, 0.1) is 47.3 Å². The number of rotatable bonds is 14. The van der Waals surface area contributed by atoms with Gasteiger partial charge in [0.05, 0.1) is 126 Å². The molecule has 0 saturated carbocycles. The first-order valence-corrected chi connectivity index (χ1v) is 39.4. The molecule has 24 atom stereocenters. The number of aliphatic hydroxyl groups excluding tert-OH is 6. The third kappa shape index (κ3) is 19.8. The zero-order chi connectivity index (χ0) is 78.4. The molecule has 6 saturated heterocycles. The van der Waals surface area contributed by atoms with E-state index in [-0.39, 0.29) is 114 Å². The Hall–Kier alpha value is -5.70. The second-order valence-corrected chi connectivity index (χ2v) is 31.8. The normalized spacial score (nSPS) is 32.9.